The number of allylic oxidation sites excluding steroid dienone is 1. The van der Waals surface area contributed by atoms with E-state index in [0.717, 1.165) is 11.1 Å². The highest BCUT2D eigenvalue weighted by atomic mass is 35.5. The minimum Gasteiger partial charge on any atom is -0.344 e. The Morgan fingerprint density at radius 3 is 2.50 bits per heavy atom. The first-order chi connectivity index (χ1) is 12.5. The highest BCUT2D eigenvalue weighted by Crippen LogP contribution is 2.29. The van der Waals surface area contributed by atoms with Gasteiger partial charge >= 0.3 is 0 Å². The summed E-state index contributed by atoms with van der Waals surface area (Å²) in [5.74, 6) is -0.148. The molecule has 0 aliphatic heterocycles. The Hall–Kier alpha value is -2.55. The number of carbonyl (C=O) groups is 1. The Balaban J connectivity index is 1.72. The summed E-state index contributed by atoms with van der Waals surface area (Å²) in [6.45, 7) is 0. The fourth-order valence-corrected chi connectivity index (χ4v) is 3.74. The zero-order chi connectivity index (χ0) is 18.3. The molecule has 0 radical (unpaired) electrons. The molecule has 0 atom stereocenters. The molecule has 1 heterocycles. The normalized spacial score (nSPS) is 11.7. The minimum atomic E-state index is -0.148. The number of ketones is 1. The van der Waals surface area contributed by atoms with E-state index in [9.17, 15) is 4.79 Å². The number of aromatic nitrogens is 1. The summed E-state index contributed by atoms with van der Waals surface area (Å²) in [7, 11) is 2.06. The second-order valence-electron chi connectivity index (χ2n) is 6.17. The van der Waals surface area contributed by atoms with Crippen molar-refractivity contribution < 1.29 is 4.79 Å². The smallest absolute Gasteiger partial charge is 0.187 e. The van der Waals surface area contributed by atoms with Crippen molar-refractivity contribution >= 4 is 56.9 Å². The lowest BCUT2D eigenvalue weighted by Crippen LogP contribution is -1.95. The number of halogens is 2. The van der Waals surface area contributed by atoms with Crippen LogP contribution in [0.15, 0.2) is 66.7 Å². The number of aryl methyl sites for hydroxylation is 1. The number of benzene rings is 3. The minimum absolute atomic E-state index is 0.148. The van der Waals surface area contributed by atoms with Crippen molar-refractivity contribution in [1.29, 1.82) is 0 Å². The van der Waals surface area contributed by atoms with Gasteiger partial charge in [-0.15, -0.1) is 0 Å². The van der Waals surface area contributed by atoms with Crippen LogP contribution in [0.3, 0.4) is 0 Å². The third kappa shape index (κ3) is 2.92. The molecule has 2 nitrogen and oxygen atoms in total. The molecule has 0 aliphatic carbocycles. The van der Waals surface area contributed by atoms with Gasteiger partial charge in [-0.3, -0.25) is 4.79 Å². The number of hydrogen-bond donors (Lipinski definition) is 0. The van der Waals surface area contributed by atoms with Crippen LogP contribution in [-0.2, 0) is 7.05 Å². The summed E-state index contributed by atoms with van der Waals surface area (Å²) < 4.78 is 2.18. The van der Waals surface area contributed by atoms with Crippen LogP contribution in [0.4, 0.5) is 0 Å². The standard InChI is InChI=1S/C22H15Cl2NO/c1-25-20-5-3-2-4-16(20)18-12-14(6-10-21(18)25)7-11-22(26)17-9-8-15(23)13-19(17)24/h2-13H,1H3/b11-7+. The average molecular weight is 380 g/mol. The number of para-hydroxylation sites is 1. The molecule has 4 heteroatoms. The molecule has 0 saturated carbocycles. The summed E-state index contributed by atoms with van der Waals surface area (Å²) in [5.41, 5.74) is 3.76. The van der Waals surface area contributed by atoms with E-state index in [2.05, 4.69) is 35.9 Å². The fraction of sp³-hybridized carbons (Fsp3) is 0.0455. The topological polar surface area (TPSA) is 22.0 Å². The van der Waals surface area contributed by atoms with E-state index >= 15 is 0 Å². The zero-order valence-corrected chi connectivity index (χ0v) is 15.6. The van der Waals surface area contributed by atoms with Gasteiger partial charge < -0.3 is 4.57 Å². The molecule has 4 aromatic rings. The summed E-state index contributed by atoms with van der Waals surface area (Å²) in [5, 5.41) is 3.24. The third-order valence-corrected chi connectivity index (χ3v) is 5.11. The number of rotatable bonds is 3. The monoisotopic (exact) mass is 379 g/mol. The molecule has 0 spiro atoms. The van der Waals surface area contributed by atoms with Crippen LogP contribution in [0.25, 0.3) is 27.9 Å². The van der Waals surface area contributed by atoms with Gasteiger partial charge in [0.1, 0.15) is 0 Å². The molecule has 4 rings (SSSR count). The van der Waals surface area contributed by atoms with Gasteiger partial charge in [0.15, 0.2) is 5.78 Å². The molecular formula is C22H15Cl2NO. The Morgan fingerprint density at radius 2 is 1.69 bits per heavy atom. The lowest BCUT2D eigenvalue weighted by Gasteiger charge is -2.01. The van der Waals surface area contributed by atoms with Crippen molar-refractivity contribution in [1.82, 2.24) is 4.57 Å². The van der Waals surface area contributed by atoms with Crippen molar-refractivity contribution in [3.8, 4) is 0 Å². The fourth-order valence-electron chi connectivity index (χ4n) is 3.24. The highest BCUT2D eigenvalue weighted by molar-refractivity contribution is 6.37. The summed E-state index contributed by atoms with van der Waals surface area (Å²) in [6, 6.07) is 19.4. The predicted molar refractivity (Wildman–Crippen MR) is 110 cm³/mol. The van der Waals surface area contributed by atoms with Crippen molar-refractivity contribution in [2.75, 3.05) is 0 Å². The van der Waals surface area contributed by atoms with Crippen LogP contribution in [0.2, 0.25) is 10.0 Å². The lowest BCUT2D eigenvalue weighted by molar-refractivity contribution is 0.104. The summed E-state index contributed by atoms with van der Waals surface area (Å²) in [6.07, 6.45) is 3.36. The number of nitrogens with zero attached hydrogens (tertiary/aromatic N) is 1. The van der Waals surface area contributed by atoms with Crippen LogP contribution in [0, 0.1) is 0 Å². The first-order valence-corrected chi connectivity index (χ1v) is 8.95. The number of hydrogen-bond acceptors (Lipinski definition) is 1. The van der Waals surface area contributed by atoms with E-state index in [0.29, 0.717) is 15.6 Å². The van der Waals surface area contributed by atoms with E-state index in [1.54, 1.807) is 24.3 Å². The van der Waals surface area contributed by atoms with Gasteiger partial charge in [-0.2, -0.15) is 0 Å². The van der Waals surface area contributed by atoms with E-state index in [1.165, 1.54) is 16.3 Å². The van der Waals surface area contributed by atoms with E-state index in [1.807, 2.05) is 24.3 Å². The van der Waals surface area contributed by atoms with Gasteiger partial charge in [-0.05, 0) is 48.0 Å². The van der Waals surface area contributed by atoms with E-state index in [-0.39, 0.29) is 5.78 Å². The van der Waals surface area contributed by atoms with Crippen molar-refractivity contribution in [2.45, 2.75) is 0 Å². The molecule has 0 unspecified atom stereocenters. The Labute approximate surface area is 161 Å². The summed E-state index contributed by atoms with van der Waals surface area (Å²) >= 11 is 12.0. The molecule has 128 valence electrons. The number of fused-ring (bicyclic) bond motifs is 3. The van der Waals surface area contributed by atoms with E-state index < -0.39 is 0 Å². The maximum atomic E-state index is 12.4. The molecule has 0 aliphatic rings. The first-order valence-electron chi connectivity index (χ1n) is 8.19. The van der Waals surface area contributed by atoms with Gasteiger partial charge in [-0.25, -0.2) is 0 Å². The number of carbonyl (C=O) groups excluding carboxylic acids is 1. The van der Waals surface area contributed by atoms with E-state index in [4.69, 9.17) is 23.2 Å². The van der Waals surface area contributed by atoms with Crippen LogP contribution >= 0.6 is 23.2 Å². The third-order valence-electron chi connectivity index (χ3n) is 4.56. The summed E-state index contributed by atoms with van der Waals surface area (Å²) in [4.78, 5) is 12.4. The Morgan fingerprint density at radius 1 is 0.923 bits per heavy atom. The maximum absolute atomic E-state index is 12.4. The SMILES string of the molecule is Cn1c2ccccc2c2cc(/C=C/C(=O)c3ccc(Cl)cc3Cl)ccc21. The zero-order valence-electron chi connectivity index (χ0n) is 14.0. The Kier molecular flexibility index (Phi) is 4.31. The highest BCUT2D eigenvalue weighted by Gasteiger charge is 2.09. The van der Waals surface area contributed by atoms with Crippen LogP contribution < -0.4 is 0 Å². The van der Waals surface area contributed by atoms with Crippen molar-refractivity contribution in [3.63, 3.8) is 0 Å². The molecule has 26 heavy (non-hydrogen) atoms. The molecular weight excluding hydrogens is 365 g/mol. The van der Waals surface area contributed by atoms with Gasteiger partial charge in [0.2, 0.25) is 0 Å². The second kappa shape index (κ2) is 6.64. The van der Waals surface area contributed by atoms with Gasteiger partial charge in [-0.1, -0.05) is 53.5 Å². The Bertz CT molecular complexity index is 1190. The van der Waals surface area contributed by atoms with Crippen molar-refractivity contribution in [3.05, 3.63) is 87.9 Å². The van der Waals surface area contributed by atoms with Crippen LogP contribution in [0.5, 0.6) is 0 Å². The van der Waals surface area contributed by atoms with Gasteiger partial charge in [0.05, 0.1) is 5.02 Å². The average Bonchev–Trinajstić information content (AvgIpc) is 2.92. The lowest BCUT2D eigenvalue weighted by atomic mass is 10.1. The molecule has 0 amide bonds. The van der Waals surface area contributed by atoms with Crippen molar-refractivity contribution in [2.24, 2.45) is 7.05 Å². The molecule has 0 saturated heterocycles. The van der Waals surface area contributed by atoms with Crippen LogP contribution in [0.1, 0.15) is 15.9 Å². The predicted octanol–water partition coefficient (Wildman–Crippen LogP) is 6.53. The maximum Gasteiger partial charge on any atom is 0.187 e. The van der Waals surface area contributed by atoms with Gasteiger partial charge in [0.25, 0.3) is 0 Å². The molecule has 0 fully saturated rings. The van der Waals surface area contributed by atoms with Crippen LogP contribution in [-0.4, -0.2) is 10.4 Å². The largest absolute Gasteiger partial charge is 0.344 e. The molecule has 0 bridgehead atoms. The quantitative estimate of drug-likeness (QED) is 0.292. The first kappa shape index (κ1) is 16.9. The molecule has 3 aromatic carbocycles. The van der Waals surface area contributed by atoms with Gasteiger partial charge in [0, 0.05) is 39.4 Å². The molecule has 1 aromatic heterocycles. The molecule has 0 N–H and O–H groups in total. The second-order valence-corrected chi connectivity index (χ2v) is 7.02.